The molecule has 3 aromatic rings. The minimum absolute atomic E-state index is 0.000180. The Labute approximate surface area is 179 Å². The third kappa shape index (κ3) is 3.96. The van der Waals surface area contributed by atoms with Crippen LogP contribution >= 0.6 is 0 Å². The van der Waals surface area contributed by atoms with Gasteiger partial charge in [-0.05, 0) is 30.7 Å². The molecule has 2 aromatic carbocycles. The van der Waals surface area contributed by atoms with E-state index in [0.29, 0.717) is 23.7 Å². The average molecular weight is 416 g/mol. The smallest absolute Gasteiger partial charge is 0.379 e. The lowest BCUT2D eigenvalue weighted by molar-refractivity contribution is 0.0701. The van der Waals surface area contributed by atoms with E-state index in [1.807, 2.05) is 31.2 Å². The second-order valence-corrected chi connectivity index (χ2v) is 6.88. The van der Waals surface area contributed by atoms with Crippen LogP contribution in [0.5, 0.6) is 17.2 Å². The van der Waals surface area contributed by atoms with Crippen molar-refractivity contribution in [3.8, 4) is 23.3 Å². The van der Waals surface area contributed by atoms with E-state index in [1.54, 1.807) is 24.3 Å². The summed E-state index contributed by atoms with van der Waals surface area (Å²) >= 11 is 0. The maximum absolute atomic E-state index is 12.2. The molecule has 1 aliphatic rings. The summed E-state index contributed by atoms with van der Waals surface area (Å²) in [5.74, 6) is 0.327. The molecule has 2 heterocycles. The Morgan fingerprint density at radius 1 is 1.16 bits per heavy atom. The molecule has 156 valence electrons. The number of furan rings is 1. The first-order valence-electron chi connectivity index (χ1n) is 9.81. The molecule has 0 bridgehead atoms. The molecule has 7 nitrogen and oxygen atoms in total. The quantitative estimate of drug-likeness (QED) is 0.465. The molecule has 7 heteroatoms. The Bertz CT molecular complexity index is 1170. The summed E-state index contributed by atoms with van der Waals surface area (Å²) in [5, 5.41) is 9.78. The zero-order valence-electron chi connectivity index (χ0n) is 16.8. The van der Waals surface area contributed by atoms with Crippen LogP contribution in [0.1, 0.15) is 40.9 Å². The number of para-hydroxylation sites is 1. The molecule has 2 N–H and O–H groups in total. The normalized spacial score (nSPS) is 14.9. The highest BCUT2D eigenvalue weighted by Gasteiger charge is 2.33. The van der Waals surface area contributed by atoms with Gasteiger partial charge in [-0.2, -0.15) is 5.26 Å². The molecule has 0 radical (unpaired) electrons. The number of nitrogens with two attached hydrogens (primary N) is 1. The third-order valence-corrected chi connectivity index (χ3v) is 4.82. The second-order valence-electron chi connectivity index (χ2n) is 6.88. The number of esters is 1. The molecule has 1 unspecified atom stereocenters. The average Bonchev–Trinajstić information content (AvgIpc) is 3.32. The van der Waals surface area contributed by atoms with Crippen molar-refractivity contribution in [1.82, 2.24) is 0 Å². The van der Waals surface area contributed by atoms with Gasteiger partial charge >= 0.3 is 5.97 Å². The number of nitrogens with zero attached hydrogens (tertiary/aromatic N) is 1. The first-order valence-corrected chi connectivity index (χ1v) is 9.81. The molecule has 0 spiro atoms. The number of carbonyl (C=O) groups excluding carboxylic acids is 1. The molecule has 1 aromatic heterocycles. The molecule has 0 aliphatic carbocycles. The highest BCUT2D eigenvalue weighted by Crippen LogP contribution is 2.45. The van der Waals surface area contributed by atoms with Crippen molar-refractivity contribution in [2.24, 2.45) is 5.73 Å². The zero-order chi connectivity index (χ0) is 21.8. The van der Waals surface area contributed by atoms with Crippen LogP contribution in [0.15, 0.2) is 76.7 Å². The van der Waals surface area contributed by atoms with Gasteiger partial charge in [0.25, 0.3) is 0 Å². The number of nitriles is 1. The SMILES string of the molecule is CCCOc1ccccc1C1C(C#N)=C(N)Oc2cc(OC(=O)c3ccco3)ccc21. The maximum Gasteiger partial charge on any atom is 0.379 e. The molecule has 0 fully saturated rings. The van der Waals surface area contributed by atoms with Crippen molar-refractivity contribution in [2.75, 3.05) is 6.61 Å². The number of hydrogen-bond donors (Lipinski definition) is 1. The summed E-state index contributed by atoms with van der Waals surface area (Å²) < 4.78 is 22.0. The van der Waals surface area contributed by atoms with E-state index in [4.69, 9.17) is 24.4 Å². The van der Waals surface area contributed by atoms with Gasteiger partial charge in [-0.1, -0.05) is 31.2 Å². The fourth-order valence-corrected chi connectivity index (χ4v) is 3.43. The van der Waals surface area contributed by atoms with E-state index in [2.05, 4.69) is 6.07 Å². The molecule has 1 atom stereocenters. The fourth-order valence-electron chi connectivity index (χ4n) is 3.43. The van der Waals surface area contributed by atoms with E-state index in [1.165, 1.54) is 12.3 Å². The van der Waals surface area contributed by atoms with Gasteiger partial charge in [-0.3, -0.25) is 0 Å². The fraction of sp³-hybridized carbons (Fsp3) is 0.167. The molecule has 0 saturated carbocycles. The van der Waals surface area contributed by atoms with E-state index in [-0.39, 0.29) is 17.4 Å². The number of benzene rings is 2. The predicted octanol–water partition coefficient (Wildman–Crippen LogP) is 4.51. The van der Waals surface area contributed by atoms with Gasteiger partial charge < -0.3 is 24.4 Å². The monoisotopic (exact) mass is 416 g/mol. The molecule has 0 saturated heterocycles. The molecule has 31 heavy (non-hydrogen) atoms. The van der Waals surface area contributed by atoms with E-state index in [9.17, 15) is 10.1 Å². The standard InChI is InChI=1S/C24H20N2O5/c1-2-11-28-19-7-4-3-6-16(19)22-17-10-9-15(30-24(27)20-8-5-12-29-20)13-21(17)31-23(26)18(22)14-25/h3-10,12-13,22H,2,11,26H2,1H3. The summed E-state index contributed by atoms with van der Waals surface area (Å²) in [6.45, 7) is 2.58. The lowest BCUT2D eigenvalue weighted by Crippen LogP contribution is -2.21. The van der Waals surface area contributed by atoms with Crippen molar-refractivity contribution in [2.45, 2.75) is 19.3 Å². The van der Waals surface area contributed by atoms with Crippen LogP contribution in [0.3, 0.4) is 0 Å². The molecule has 4 rings (SSSR count). The summed E-state index contributed by atoms with van der Waals surface area (Å²) in [6.07, 6.45) is 2.25. The lowest BCUT2D eigenvalue weighted by atomic mass is 9.83. The van der Waals surface area contributed by atoms with Crippen LogP contribution in [0.2, 0.25) is 0 Å². The number of allylic oxidation sites excluding steroid dienone is 1. The van der Waals surface area contributed by atoms with Crippen molar-refractivity contribution in [3.63, 3.8) is 0 Å². The van der Waals surface area contributed by atoms with Crippen molar-refractivity contribution >= 4 is 5.97 Å². The molecular formula is C24H20N2O5. The van der Waals surface area contributed by atoms with Crippen molar-refractivity contribution in [1.29, 1.82) is 5.26 Å². The van der Waals surface area contributed by atoms with Crippen LogP contribution in [0.25, 0.3) is 0 Å². The Kier molecular flexibility index (Phi) is 5.63. The highest BCUT2D eigenvalue weighted by atomic mass is 16.5. The number of hydrogen-bond acceptors (Lipinski definition) is 7. The van der Waals surface area contributed by atoms with Gasteiger partial charge in [0.05, 0.1) is 18.8 Å². The summed E-state index contributed by atoms with van der Waals surface area (Å²) in [5.41, 5.74) is 7.90. The van der Waals surface area contributed by atoms with Gasteiger partial charge in [-0.15, -0.1) is 0 Å². The van der Waals surface area contributed by atoms with Crippen molar-refractivity contribution < 1.29 is 23.4 Å². The van der Waals surface area contributed by atoms with Gasteiger partial charge in [-0.25, -0.2) is 4.79 Å². The Balaban J connectivity index is 1.73. The van der Waals surface area contributed by atoms with E-state index < -0.39 is 11.9 Å². The molecular weight excluding hydrogens is 396 g/mol. The third-order valence-electron chi connectivity index (χ3n) is 4.82. The Hall–Kier alpha value is -4.18. The topological polar surface area (TPSA) is 108 Å². The van der Waals surface area contributed by atoms with Gasteiger partial charge in [0.15, 0.2) is 0 Å². The highest BCUT2D eigenvalue weighted by molar-refractivity contribution is 5.88. The first kappa shape index (κ1) is 20.1. The van der Waals surface area contributed by atoms with Crippen LogP contribution in [0.4, 0.5) is 0 Å². The first-order chi connectivity index (χ1) is 15.1. The van der Waals surface area contributed by atoms with Gasteiger partial charge in [0.1, 0.15) is 28.9 Å². The van der Waals surface area contributed by atoms with Crippen LogP contribution in [-0.4, -0.2) is 12.6 Å². The van der Waals surface area contributed by atoms with Crippen LogP contribution in [-0.2, 0) is 0 Å². The van der Waals surface area contributed by atoms with Gasteiger partial charge in [0.2, 0.25) is 11.6 Å². The number of ether oxygens (including phenoxy) is 3. The van der Waals surface area contributed by atoms with Gasteiger partial charge in [0, 0.05) is 17.2 Å². The van der Waals surface area contributed by atoms with Crippen LogP contribution < -0.4 is 19.9 Å². The molecule has 1 aliphatic heterocycles. The lowest BCUT2D eigenvalue weighted by Gasteiger charge is -2.28. The van der Waals surface area contributed by atoms with Crippen molar-refractivity contribution in [3.05, 3.63) is 89.2 Å². The number of fused-ring (bicyclic) bond motifs is 1. The van der Waals surface area contributed by atoms with E-state index in [0.717, 1.165) is 17.5 Å². The maximum atomic E-state index is 12.2. The number of carbonyl (C=O) groups is 1. The zero-order valence-corrected chi connectivity index (χ0v) is 16.8. The summed E-state index contributed by atoms with van der Waals surface area (Å²) in [6, 6.07) is 17.8. The second kappa shape index (κ2) is 8.67. The predicted molar refractivity (Wildman–Crippen MR) is 112 cm³/mol. The minimum atomic E-state index is -0.628. The van der Waals surface area contributed by atoms with Crippen LogP contribution in [0, 0.1) is 11.3 Å². The minimum Gasteiger partial charge on any atom is -0.493 e. The van der Waals surface area contributed by atoms with E-state index >= 15 is 0 Å². The largest absolute Gasteiger partial charge is 0.493 e. The molecule has 0 amide bonds. The number of rotatable bonds is 6. The summed E-state index contributed by atoms with van der Waals surface area (Å²) in [4.78, 5) is 12.2. The summed E-state index contributed by atoms with van der Waals surface area (Å²) in [7, 11) is 0. The Morgan fingerprint density at radius 2 is 2.00 bits per heavy atom. The Morgan fingerprint density at radius 3 is 2.74 bits per heavy atom.